The minimum Gasteiger partial charge on any atom is -0.395 e. The van der Waals surface area contributed by atoms with Crippen molar-refractivity contribution in [2.45, 2.75) is 38.8 Å². The maximum atomic E-state index is 13.0. The Kier molecular flexibility index (Phi) is 5.63. The van der Waals surface area contributed by atoms with E-state index < -0.39 is 0 Å². The number of likely N-dealkylation sites (tertiary alicyclic amines) is 1. The number of thiophene rings is 1. The van der Waals surface area contributed by atoms with Crippen LogP contribution in [0.2, 0.25) is 0 Å². The molecule has 1 aromatic rings. The van der Waals surface area contributed by atoms with Crippen LogP contribution in [0.3, 0.4) is 0 Å². The first kappa shape index (κ1) is 20.3. The molecular formula is C20H28N4O4S. The molecule has 0 spiro atoms. The highest BCUT2D eigenvalue weighted by molar-refractivity contribution is 7.17. The number of aliphatic hydroxyl groups excluding tert-OH is 1. The largest absolute Gasteiger partial charge is 0.395 e. The first-order valence-corrected chi connectivity index (χ1v) is 11.1. The van der Waals surface area contributed by atoms with E-state index in [0.29, 0.717) is 30.1 Å². The number of amides is 3. The number of hydrogen-bond donors (Lipinski definition) is 1. The quantitative estimate of drug-likeness (QED) is 0.768. The van der Waals surface area contributed by atoms with E-state index in [1.54, 1.807) is 7.05 Å². The summed E-state index contributed by atoms with van der Waals surface area (Å²) in [5, 5.41) is 10.0. The lowest BCUT2D eigenvalue weighted by Crippen LogP contribution is -2.47. The minimum absolute atomic E-state index is 0.00691. The summed E-state index contributed by atoms with van der Waals surface area (Å²) in [5.41, 5.74) is 1.53. The highest BCUT2D eigenvalue weighted by Gasteiger charge is 2.38. The number of fused-ring (bicyclic) bond motifs is 3. The fourth-order valence-corrected chi connectivity index (χ4v) is 5.92. The second-order valence-electron chi connectivity index (χ2n) is 8.04. The van der Waals surface area contributed by atoms with Crippen LogP contribution in [0.1, 0.15) is 40.6 Å². The molecule has 3 amide bonds. The van der Waals surface area contributed by atoms with Gasteiger partial charge in [-0.3, -0.25) is 24.2 Å². The summed E-state index contributed by atoms with van der Waals surface area (Å²) in [6.45, 7) is 4.99. The summed E-state index contributed by atoms with van der Waals surface area (Å²) >= 11 is 1.41. The van der Waals surface area contributed by atoms with Crippen molar-refractivity contribution in [3.8, 4) is 0 Å². The number of carbonyl (C=O) groups is 3. The second kappa shape index (κ2) is 8.04. The van der Waals surface area contributed by atoms with Gasteiger partial charge in [-0.25, -0.2) is 0 Å². The third-order valence-electron chi connectivity index (χ3n) is 6.20. The molecule has 0 radical (unpaired) electrons. The molecule has 1 atom stereocenters. The minimum atomic E-state index is -0.192. The highest BCUT2D eigenvalue weighted by atomic mass is 32.1. The van der Waals surface area contributed by atoms with E-state index in [9.17, 15) is 19.5 Å². The maximum absolute atomic E-state index is 13.0. The molecule has 4 rings (SSSR count). The van der Waals surface area contributed by atoms with Gasteiger partial charge in [0, 0.05) is 25.0 Å². The van der Waals surface area contributed by atoms with Gasteiger partial charge in [0.25, 0.3) is 5.91 Å². The molecule has 158 valence electrons. The third kappa shape index (κ3) is 3.55. The fourth-order valence-electron chi connectivity index (χ4n) is 4.53. The van der Waals surface area contributed by atoms with Crippen LogP contribution < -0.4 is 4.90 Å². The predicted molar refractivity (Wildman–Crippen MR) is 110 cm³/mol. The van der Waals surface area contributed by atoms with Gasteiger partial charge in [-0.05, 0) is 44.8 Å². The Morgan fingerprint density at radius 2 is 1.90 bits per heavy atom. The average Bonchev–Trinajstić information content (AvgIpc) is 3.35. The van der Waals surface area contributed by atoms with Crippen LogP contribution in [0.4, 0.5) is 5.00 Å². The van der Waals surface area contributed by atoms with Crippen molar-refractivity contribution in [3.05, 3.63) is 16.0 Å². The first-order valence-electron chi connectivity index (χ1n) is 10.3. The van der Waals surface area contributed by atoms with Gasteiger partial charge in [-0.1, -0.05) is 0 Å². The molecule has 9 heteroatoms. The van der Waals surface area contributed by atoms with Crippen LogP contribution in [-0.4, -0.2) is 89.9 Å². The third-order valence-corrected chi connectivity index (χ3v) is 7.44. The number of nitrogens with zero attached hydrogens (tertiary/aromatic N) is 4. The molecule has 1 saturated heterocycles. The Bertz CT molecular complexity index is 833. The molecule has 1 N–H and O–H groups in total. The lowest BCUT2D eigenvalue weighted by molar-refractivity contribution is -0.137. The van der Waals surface area contributed by atoms with Crippen LogP contribution in [0.15, 0.2) is 0 Å². The molecule has 0 aromatic carbocycles. The molecule has 0 aliphatic carbocycles. The molecule has 0 bridgehead atoms. The highest BCUT2D eigenvalue weighted by Crippen LogP contribution is 2.41. The Balaban J connectivity index is 1.62. The zero-order chi connectivity index (χ0) is 20.7. The topological polar surface area (TPSA) is 84.4 Å². The Morgan fingerprint density at radius 3 is 2.59 bits per heavy atom. The van der Waals surface area contributed by atoms with Gasteiger partial charge in [0.1, 0.15) is 11.5 Å². The zero-order valence-electron chi connectivity index (χ0n) is 17.0. The molecule has 0 saturated carbocycles. The standard InChI is InChI=1S/C20H28N4O4S/c1-13(22-6-3-4-7-22)18(27)23-8-5-14-15(11-23)29-20-17(14)19(28)21(2)12-16(26)24(20)9-10-25/h13,25H,3-12H2,1-2H3. The monoisotopic (exact) mass is 420 g/mol. The molecule has 3 aliphatic rings. The van der Waals surface area contributed by atoms with Crippen molar-refractivity contribution in [3.63, 3.8) is 0 Å². The maximum Gasteiger partial charge on any atom is 0.257 e. The summed E-state index contributed by atoms with van der Waals surface area (Å²) in [5.74, 6) is -0.216. The van der Waals surface area contributed by atoms with Crippen LogP contribution >= 0.6 is 11.3 Å². The summed E-state index contributed by atoms with van der Waals surface area (Å²) < 4.78 is 0. The molecular weight excluding hydrogens is 392 g/mol. The van der Waals surface area contributed by atoms with Gasteiger partial charge in [0.05, 0.1) is 24.8 Å². The van der Waals surface area contributed by atoms with Gasteiger partial charge in [0.2, 0.25) is 11.8 Å². The van der Waals surface area contributed by atoms with Gasteiger partial charge in [-0.15, -0.1) is 11.3 Å². The molecule has 1 unspecified atom stereocenters. The van der Waals surface area contributed by atoms with Crippen molar-refractivity contribution in [2.24, 2.45) is 0 Å². The second-order valence-corrected chi connectivity index (χ2v) is 9.13. The SMILES string of the molecule is CC(C(=O)N1CCc2c(sc3c2C(=O)N(C)CC(=O)N3CCO)C1)N1CCCC1. The van der Waals surface area contributed by atoms with E-state index in [4.69, 9.17) is 0 Å². The van der Waals surface area contributed by atoms with E-state index in [2.05, 4.69) is 4.90 Å². The molecule has 3 aliphatic heterocycles. The first-order chi connectivity index (χ1) is 13.9. The van der Waals surface area contributed by atoms with Gasteiger partial charge in [-0.2, -0.15) is 0 Å². The number of anilines is 1. The number of likely N-dealkylation sites (N-methyl/N-ethyl adjacent to an activating group) is 1. The number of rotatable bonds is 4. The average molecular weight is 421 g/mol. The number of aliphatic hydroxyl groups is 1. The summed E-state index contributed by atoms with van der Waals surface area (Å²) in [6.07, 6.45) is 2.90. The van der Waals surface area contributed by atoms with Crippen molar-refractivity contribution in [1.29, 1.82) is 0 Å². The van der Waals surface area contributed by atoms with Crippen LogP contribution in [0.5, 0.6) is 0 Å². The van der Waals surface area contributed by atoms with Crippen molar-refractivity contribution < 1.29 is 19.5 Å². The predicted octanol–water partition coefficient (Wildman–Crippen LogP) is 0.528. The Labute approximate surface area is 174 Å². The molecule has 8 nitrogen and oxygen atoms in total. The molecule has 1 fully saturated rings. The zero-order valence-corrected chi connectivity index (χ0v) is 17.8. The van der Waals surface area contributed by atoms with Crippen molar-refractivity contribution in [2.75, 3.05) is 51.3 Å². The lowest BCUT2D eigenvalue weighted by atomic mass is 10.0. The van der Waals surface area contributed by atoms with Gasteiger partial charge < -0.3 is 14.9 Å². The Hall–Kier alpha value is -1.97. The number of carbonyl (C=O) groups excluding carboxylic acids is 3. The normalized spacial score (nSPS) is 21.3. The van der Waals surface area contributed by atoms with Gasteiger partial charge in [0.15, 0.2) is 0 Å². The lowest BCUT2D eigenvalue weighted by Gasteiger charge is -2.32. The van der Waals surface area contributed by atoms with Crippen molar-refractivity contribution in [1.82, 2.24) is 14.7 Å². The van der Waals surface area contributed by atoms with E-state index in [-0.39, 0.29) is 43.5 Å². The van der Waals surface area contributed by atoms with Crippen LogP contribution in [-0.2, 0) is 22.6 Å². The van der Waals surface area contributed by atoms with E-state index >= 15 is 0 Å². The fraction of sp³-hybridized carbons (Fsp3) is 0.650. The smallest absolute Gasteiger partial charge is 0.257 e. The van der Waals surface area contributed by atoms with Crippen LogP contribution in [0.25, 0.3) is 0 Å². The summed E-state index contributed by atoms with van der Waals surface area (Å²) in [4.78, 5) is 46.7. The van der Waals surface area contributed by atoms with E-state index in [1.165, 1.54) is 21.1 Å². The van der Waals surface area contributed by atoms with Crippen LogP contribution in [0, 0.1) is 0 Å². The van der Waals surface area contributed by atoms with Gasteiger partial charge >= 0.3 is 0 Å². The Morgan fingerprint density at radius 1 is 1.17 bits per heavy atom. The van der Waals surface area contributed by atoms with Crippen molar-refractivity contribution >= 4 is 34.1 Å². The molecule has 29 heavy (non-hydrogen) atoms. The number of hydrogen-bond acceptors (Lipinski definition) is 6. The van der Waals surface area contributed by atoms with E-state index in [0.717, 1.165) is 36.4 Å². The summed E-state index contributed by atoms with van der Waals surface area (Å²) in [6, 6.07) is -0.128. The number of β-amino-alcohol motifs (C(OH)–C–C–N with tert-alkyl or cyclic N) is 1. The molecule has 1 aromatic heterocycles. The van der Waals surface area contributed by atoms with E-state index in [1.807, 2.05) is 11.8 Å². The summed E-state index contributed by atoms with van der Waals surface area (Å²) in [7, 11) is 1.63. The molecule has 4 heterocycles.